The number of carbonyl (C=O) groups is 2. The van der Waals surface area contributed by atoms with E-state index >= 15 is 0 Å². The number of quaternary nitrogens is 1. The van der Waals surface area contributed by atoms with E-state index < -0.39 is 11.5 Å². The fourth-order valence-electron chi connectivity index (χ4n) is 2.42. The quantitative estimate of drug-likeness (QED) is 0.872. The van der Waals surface area contributed by atoms with Crippen molar-refractivity contribution in [2.45, 2.75) is 26.3 Å². The average molecular weight is 314 g/mol. The van der Waals surface area contributed by atoms with Gasteiger partial charge in [0.2, 0.25) is 0 Å². The molecule has 1 aromatic rings. The Morgan fingerprint density at radius 1 is 1.19 bits per heavy atom. The lowest BCUT2D eigenvalue weighted by molar-refractivity contribution is -0.138. The number of hydrogen-bond donors (Lipinski definition) is 1. The number of carbonyl (C=O) groups excluding carboxylic acids is 1. The Morgan fingerprint density at radius 2 is 1.67 bits per heavy atom. The SMILES string of the molecule is CN(C)C(=O)[N+](CC(=O)O)(c1ccc(Cl)cc1)C(C)(C)C. The molecule has 116 valence electrons. The van der Waals surface area contributed by atoms with Crippen molar-refractivity contribution in [3.05, 3.63) is 29.3 Å². The second-order valence-electron chi connectivity index (χ2n) is 6.19. The van der Waals surface area contributed by atoms with Crippen LogP contribution in [0.25, 0.3) is 0 Å². The summed E-state index contributed by atoms with van der Waals surface area (Å²) < 4.78 is -0.313. The molecule has 1 unspecified atom stereocenters. The lowest BCUT2D eigenvalue weighted by Crippen LogP contribution is -2.69. The molecular weight excluding hydrogens is 292 g/mol. The highest BCUT2D eigenvalue weighted by Gasteiger charge is 2.52. The molecule has 0 fully saturated rings. The third-order valence-corrected chi connectivity index (χ3v) is 3.75. The number of carboxylic acids is 1. The first-order chi connectivity index (χ1) is 9.52. The Kier molecular flexibility index (Phi) is 5.02. The predicted molar refractivity (Wildman–Crippen MR) is 84.6 cm³/mol. The Morgan fingerprint density at radius 3 is 2.00 bits per heavy atom. The number of rotatable bonds is 3. The molecule has 0 saturated carbocycles. The van der Waals surface area contributed by atoms with Crippen molar-refractivity contribution >= 4 is 29.3 Å². The van der Waals surface area contributed by atoms with E-state index in [0.29, 0.717) is 10.7 Å². The maximum atomic E-state index is 12.8. The molecule has 0 aliphatic heterocycles. The second-order valence-corrected chi connectivity index (χ2v) is 6.62. The summed E-state index contributed by atoms with van der Waals surface area (Å²) in [6.07, 6.45) is 0. The lowest BCUT2D eigenvalue weighted by Gasteiger charge is -2.45. The summed E-state index contributed by atoms with van der Waals surface area (Å²) in [7, 11) is 3.25. The highest BCUT2D eigenvalue weighted by atomic mass is 35.5. The minimum atomic E-state index is -1.03. The van der Waals surface area contributed by atoms with Crippen molar-refractivity contribution < 1.29 is 14.7 Å². The molecule has 0 aromatic heterocycles. The van der Waals surface area contributed by atoms with Crippen LogP contribution >= 0.6 is 11.6 Å². The van der Waals surface area contributed by atoms with Gasteiger partial charge in [0.25, 0.3) is 0 Å². The van der Waals surface area contributed by atoms with Crippen molar-refractivity contribution in [3.63, 3.8) is 0 Å². The number of nitrogens with zero attached hydrogens (tertiary/aromatic N) is 2. The van der Waals surface area contributed by atoms with Gasteiger partial charge in [-0.3, -0.25) is 4.90 Å². The first-order valence-electron chi connectivity index (χ1n) is 6.60. The van der Waals surface area contributed by atoms with Gasteiger partial charge in [-0.15, -0.1) is 0 Å². The Hall–Kier alpha value is -1.59. The van der Waals surface area contributed by atoms with Crippen LogP contribution in [0.5, 0.6) is 0 Å². The van der Waals surface area contributed by atoms with Crippen LogP contribution in [0, 0.1) is 0 Å². The zero-order valence-corrected chi connectivity index (χ0v) is 13.8. The van der Waals surface area contributed by atoms with Crippen LogP contribution in [0.15, 0.2) is 24.3 Å². The van der Waals surface area contributed by atoms with Gasteiger partial charge in [0.1, 0.15) is 11.2 Å². The Balaban J connectivity index is 3.62. The fraction of sp³-hybridized carbons (Fsp3) is 0.467. The van der Waals surface area contributed by atoms with Crippen LogP contribution in [0.3, 0.4) is 0 Å². The average Bonchev–Trinajstić information content (AvgIpc) is 2.34. The van der Waals surface area contributed by atoms with Gasteiger partial charge in [-0.25, -0.2) is 9.59 Å². The van der Waals surface area contributed by atoms with Crippen LogP contribution in [0.2, 0.25) is 5.02 Å². The van der Waals surface area contributed by atoms with E-state index in [1.165, 1.54) is 4.90 Å². The molecule has 1 atom stereocenters. The van der Waals surface area contributed by atoms with Crippen molar-refractivity contribution in [1.82, 2.24) is 9.38 Å². The van der Waals surface area contributed by atoms with Gasteiger partial charge >= 0.3 is 12.0 Å². The maximum Gasteiger partial charge on any atom is 0.424 e. The van der Waals surface area contributed by atoms with Gasteiger partial charge < -0.3 is 5.11 Å². The van der Waals surface area contributed by atoms with E-state index in [-0.39, 0.29) is 17.1 Å². The van der Waals surface area contributed by atoms with E-state index in [1.54, 1.807) is 38.4 Å². The van der Waals surface area contributed by atoms with Crippen LogP contribution in [-0.4, -0.2) is 48.2 Å². The number of halogens is 1. The topological polar surface area (TPSA) is 57.6 Å². The molecule has 5 nitrogen and oxygen atoms in total. The highest BCUT2D eigenvalue weighted by Crippen LogP contribution is 2.35. The zero-order valence-electron chi connectivity index (χ0n) is 13.1. The molecule has 1 rings (SSSR count). The molecule has 1 N–H and O–H groups in total. The highest BCUT2D eigenvalue weighted by molar-refractivity contribution is 6.30. The first kappa shape index (κ1) is 17.5. The molecule has 0 spiro atoms. The number of benzene rings is 1. The molecule has 1 aromatic carbocycles. The smallest absolute Gasteiger partial charge is 0.424 e. The predicted octanol–water partition coefficient (Wildman–Crippen LogP) is 3.21. The van der Waals surface area contributed by atoms with Crippen molar-refractivity contribution in [3.8, 4) is 0 Å². The molecule has 0 saturated heterocycles. The number of hydrogen-bond acceptors (Lipinski definition) is 2. The molecule has 0 aliphatic carbocycles. The standard InChI is InChI=1S/C15H21ClN2O3/c1-15(2,3)18(10-13(19)20,14(21)17(4)5)12-8-6-11(16)7-9-12/h6-9H,10H2,1-5H3/p+1. The monoisotopic (exact) mass is 313 g/mol. The second kappa shape index (κ2) is 6.03. The Labute approximate surface area is 130 Å². The fourth-order valence-corrected chi connectivity index (χ4v) is 2.55. The maximum absolute atomic E-state index is 12.8. The lowest BCUT2D eigenvalue weighted by atomic mass is 9.99. The molecule has 0 heterocycles. The molecule has 0 aliphatic rings. The van der Waals surface area contributed by atoms with Crippen LogP contribution in [0.4, 0.5) is 10.5 Å². The van der Waals surface area contributed by atoms with E-state index in [0.717, 1.165) is 0 Å². The van der Waals surface area contributed by atoms with Gasteiger partial charge in [-0.2, -0.15) is 4.48 Å². The first-order valence-corrected chi connectivity index (χ1v) is 6.98. The molecule has 0 bridgehead atoms. The molecule has 0 radical (unpaired) electrons. The van der Waals surface area contributed by atoms with Crippen LogP contribution in [-0.2, 0) is 4.79 Å². The van der Waals surface area contributed by atoms with Crippen LogP contribution < -0.4 is 4.48 Å². The van der Waals surface area contributed by atoms with E-state index in [9.17, 15) is 14.7 Å². The molecular formula is C15H22ClN2O3+. The van der Waals surface area contributed by atoms with Crippen LogP contribution in [0.1, 0.15) is 20.8 Å². The summed E-state index contributed by atoms with van der Waals surface area (Å²) >= 11 is 5.91. The van der Waals surface area contributed by atoms with Gasteiger partial charge in [0.15, 0.2) is 6.54 Å². The number of aliphatic carboxylic acids is 1. The summed E-state index contributed by atoms with van der Waals surface area (Å²) in [4.78, 5) is 25.7. The number of urea groups is 1. The zero-order chi connectivity index (χ0) is 16.4. The van der Waals surface area contributed by atoms with Gasteiger partial charge in [0, 0.05) is 31.3 Å². The summed E-state index contributed by atoms with van der Waals surface area (Å²) in [6, 6.07) is 6.46. The minimum absolute atomic E-state index is 0.285. The van der Waals surface area contributed by atoms with Crippen molar-refractivity contribution in [2.24, 2.45) is 0 Å². The van der Waals surface area contributed by atoms with E-state index in [4.69, 9.17) is 11.6 Å². The number of amides is 2. The summed E-state index contributed by atoms with van der Waals surface area (Å²) in [6.45, 7) is 5.23. The van der Waals surface area contributed by atoms with Crippen molar-refractivity contribution in [1.29, 1.82) is 0 Å². The number of carboxylic acid groups (broad SMARTS) is 1. The normalized spacial score (nSPS) is 14.4. The summed E-state index contributed by atoms with van der Waals surface area (Å²) in [5.74, 6) is -1.03. The van der Waals surface area contributed by atoms with Gasteiger partial charge in [-0.1, -0.05) is 11.6 Å². The van der Waals surface area contributed by atoms with E-state index in [1.807, 2.05) is 20.8 Å². The van der Waals surface area contributed by atoms with Crippen molar-refractivity contribution in [2.75, 3.05) is 20.6 Å². The minimum Gasteiger partial charge on any atom is -0.477 e. The third-order valence-electron chi connectivity index (χ3n) is 3.49. The van der Waals surface area contributed by atoms with Gasteiger partial charge in [0.05, 0.1) is 0 Å². The largest absolute Gasteiger partial charge is 0.477 e. The Bertz CT molecular complexity index is 535. The summed E-state index contributed by atoms with van der Waals surface area (Å²) in [5.41, 5.74) is -0.0267. The third kappa shape index (κ3) is 3.36. The van der Waals surface area contributed by atoms with E-state index in [2.05, 4.69) is 0 Å². The molecule has 6 heteroatoms. The molecule has 21 heavy (non-hydrogen) atoms. The van der Waals surface area contributed by atoms with Gasteiger partial charge in [-0.05, 0) is 32.9 Å². The molecule has 2 amide bonds. The summed E-state index contributed by atoms with van der Waals surface area (Å²) in [5, 5.41) is 9.89.